The number of aromatic nitrogens is 1. The molecule has 0 aromatic carbocycles. The number of likely N-dealkylation sites (tertiary alicyclic amines) is 1. The van der Waals surface area contributed by atoms with Gasteiger partial charge >= 0.3 is 0 Å². The zero-order chi connectivity index (χ0) is 12.4. The van der Waals surface area contributed by atoms with E-state index >= 15 is 0 Å². The van der Waals surface area contributed by atoms with Crippen molar-refractivity contribution in [3.05, 3.63) is 28.8 Å². The summed E-state index contributed by atoms with van der Waals surface area (Å²) < 4.78 is 13.1. The van der Waals surface area contributed by atoms with Crippen LogP contribution in [0.1, 0.15) is 36.5 Å². The van der Waals surface area contributed by atoms with E-state index in [2.05, 4.69) is 4.98 Å². The summed E-state index contributed by atoms with van der Waals surface area (Å²) in [4.78, 5) is 17.6. The molecule has 1 fully saturated rings. The number of halogens is 2. The van der Waals surface area contributed by atoms with Crippen LogP contribution in [0.4, 0.5) is 4.39 Å². The van der Waals surface area contributed by atoms with E-state index in [4.69, 9.17) is 11.6 Å². The van der Waals surface area contributed by atoms with Crippen molar-refractivity contribution in [3.8, 4) is 0 Å². The van der Waals surface area contributed by atoms with Gasteiger partial charge in [-0.1, -0.05) is 11.6 Å². The van der Waals surface area contributed by atoms with E-state index < -0.39 is 5.82 Å². The van der Waals surface area contributed by atoms with Crippen LogP contribution in [-0.4, -0.2) is 28.4 Å². The predicted octanol–water partition coefficient (Wildman–Crippen LogP) is 2.89. The molecule has 92 valence electrons. The van der Waals surface area contributed by atoms with Gasteiger partial charge in [0.25, 0.3) is 5.91 Å². The summed E-state index contributed by atoms with van der Waals surface area (Å²) >= 11 is 5.83. The standard InChI is InChI=1S/C12H14ClFN2O/c1-8-4-2-3-5-16(8)12(17)10-6-9(14)7-15-11(10)13/h6-8H,2-5H2,1H3. The molecule has 0 bridgehead atoms. The summed E-state index contributed by atoms with van der Waals surface area (Å²) in [5.41, 5.74) is 0.153. The highest BCUT2D eigenvalue weighted by molar-refractivity contribution is 6.32. The predicted molar refractivity (Wildman–Crippen MR) is 63.6 cm³/mol. The van der Waals surface area contributed by atoms with Crippen molar-refractivity contribution in [1.82, 2.24) is 9.88 Å². The van der Waals surface area contributed by atoms with E-state index in [0.717, 1.165) is 31.5 Å². The van der Waals surface area contributed by atoms with E-state index in [-0.39, 0.29) is 22.7 Å². The highest BCUT2D eigenvalue weighted by Crippen LogP contribution is 2.22. The Balaban J connectivity index is 2.26. The Bertz CT molecular complexity index is 439. The van der Waals surface area contributed by atoms with E-state index in [1.807, 2.05) is 6.92 Å². The Morgan fingerprint density at radius 1 is 1.59 bits per heavy atom. The maximum Gasteiger partial charge on any atom is 0.257 e. The van der Waals surface area contributed by atoms with E-state index in [0.29, 0.717) is 6.54 Å². The Kier molecular flexibility index (Phi) is 3.62. The minimum Gasteiger partial charge on any atom is -0.336 e. The summed E-state index contributed by atoms with van der Waals surface area (Å²) in [5, 5.41) is 0.0640. The second-order valence-electron chi connectivity index (χ2n) is 4.34. The third kappa shape index (κ3) is 2.57. The molecule has 2 heterocycles. The number of piperidine rings is 1. The topological polar surface area (TPSA) is 33.2 Å². The van der Waals surface area contributed by atoms with Crippen molar-refractivity contribution in [2.75, 3.05) is 6.54 Å². The number of hydrogen-bond donors (Lipinski definition) is 0. The molecule has 1 atom stereocenters. The van der Waals surface area contributed by atoms with Gasteiger partial charge in [-0.3, -0.25) is 4.79 Å². The van der Waals surface area contributed by atoms with Gasteiger partial charge in [-0.05, 0) is 32.3 Å². The van der Waals surface area contributed by atoms with Gasteiger partial charge in [-0.15, -0.1) is 0 Å². The summed E-state index contributed by atoms with van der Waals surface area (Å²) in [6.07, 6.45) is 4.10. The summed E-state index contributed by atoms with van der Waals surface area (Å²) in [6, 6.07) is 1.33. The molecule has 17 heavy (non-hydrogen) atoms. The lowest BCUT2D eigenvalue weighted by atomic mass is 10.0. The summed E-state index contributed by atoms with van der Waals surface area (Å²) in [7, 11) is 0. The number of rotatable bonds is 1. The molecule has 1 amide bonds. The fraction of sp³-hybridized carbons (Fsp3) is 0.500. The molecule has 5 heteroatoms. The van der Waals surface area contributed by atoms with Gasteiger partial charge in [0.1, 0.15) is 11.0 Å². The maximum absolute atomic E-state index is 13.1. The first-order valence-electron chi connectivity index (χ1n) is 5.71. The van der Waals surface area contributed by atoms with Crippen molar-refractivity contribution in [3.63, 3.8) is 0 Å². The molecule has 1 aliphatic rings. The lowest BCUT2D eigenvalue weighted by Crippen LogP contribution is -2.42. The van der Waals surface area contributed by atoms with E-state index in [1.54, 1.807) is 4.90 Å². The number of carbonyl (C=O) groups is 1. The molecule has 1 aromatic rings. The fourth-order valence-electron chi connectivity index (χ4n) is 2.13. The molecule has 3 nitrogen and oxygen atoms in total. The van der Waals surface area contributed by atoms with Crippen molar-refractivity contribution in [2.45, 2.75) is 32.2 Å². The zero-order valence-corrected chi connectivity index (χ0v) is 10.4. The first kappa shape index (κ1) is 12.3. The lowest BCUT2D eigenvalue weighted by Gasteiger charge is -2.33. The van der Waals surface area contributed by atoms with Crippen LogP contribution >= 0.6 is 11.6 Å². The Morgan fingerprint density at radius 2 is 2.35 bits per heavy atom. The van der Waals surface area contributed by atoms with Crippen LogP contribution in [0.25, 0.3) is 0 Å². The number of amides is 1. The van der Waals surface area contributed by atoms with Crippen LogP contribution < -0.4 is 0 Å². The Hall–Kier alpha value is -1.16. The van der Waals surface area contributed by atoms with Crippen molar-refractivity contribution < 1.29 is 9.18 Å². The van der Waals surface area contributed by atoms with Crippen LogP contribution in [0.3, 0.4) is 0 Å². The molecule has 0 saturated carbocycles. The molecule has 1 saturated heterocycles. The quantitative estimate of drug-likeness (QED) is 0.724. The molecule has 1 unspecified atom stereocenters. The third-order valence-electron chi connectivity index (χ3n) is 3.10. The zero-order valence-electron chi connectivity index (χ0n) is 9.62. The number of hydrogen-bond acceptors (Lipinski definition) is 2. The maximum atomic E-state index is 13.1. The van der Waals surface area contributed by atoms with Crippen molar-refractivity contribution in [2.24, 2.45) is 0 Å². The second kappa shape index (κ2) is 5.00. The molecule has 2 rings (SSSR count). The molecule has 0 radical (unpaired) electrons. The normalized spacial score (nSPS) is 20.4. The smallest absolute Gasteiger partial charge is 0.257 e. The van der Waals surface area contributed by atoms with Crippen LogP contribution in [0.2, 0.25) is 5.15 Å². The average molecular weight is 257 g/mol. The van der Waals surface area contributed by atoms with Crippen LogP contribution in [0.15, 0.2) is 12.3 Å². The van der Waals surface area contributed by atoms with Gasteiger partial charge < -0.3 is 4.90 Å². The Morgan fingerprint density at radius 3 is 3.06 bits per heavy atom. The van der Waals surface area contributed by atoms with Crippen LogP contribution in [0.5, 0.6) is 0 Å². The fourth-order valence-corrected chi connectivity index (χ4v) is 2.31. The first-order chi connectivity index (χ1) is 8.09. The first-order valence-corrected chi connectivity index (χ1v) is 6.09. The highest BCUT2D eigenvalue weighted by atomic mass is 35.5. The molecule has 1 aromatic heterocycles. The molecule has 1 aliphatic heterocycles. The van der Waals surface area contributed by atoms with Crippen molar-refractivity contribution in [1.29, 1.82) is 0 Å². The van der Waals surface area contributed by atoms with Gasteiger partial charge in [0, 0.05) is 12.6 Å². The summed E-state index contributed by atoms with van der Waals surface area (Å²) in [5.74, 6) is -0.767. The van der Waals surface area contributed by atoms with Gasteiger partial charge in [0.2, 0.25) is 0 Å². The van der Waals surface area contributed by atoms with Gasteiger partial charge in [-0.25, -0.2) is 9.37 Å². The minimum atomic E-state index is -0.539. The molecule has 0 spiro atoms. The van der Waals surface area contributed by atoms with E-state index in [9.17, 15) is 9.18 Å². The average Bonchev–Trinajstić information content (AvgIpc) is 2.32. The second-order valence-corrected chi connectivity index (χ2v) is 4.69. The summed E-state index contributed by atoms with van der Waals surface area (Å²) in [6.45, 7) is 2.70. The molecular weight excluding hydrogens is 243 g/mol. The minimum absolute atomic E-state index is 0.0640. The highest BCUT2D eigenvalue weighted by Gasteiger charge is 2.26. The van der Waals surface area contributed by atoms with Crippen molar-refractivity contribution >= 4 is 17.5 Å². The SMILES string of the molecule is CC1CCCCN1C(=O)c1cc(F)cnc1Cl. The third-order valence-corrected chi connectivity index (χ3v) is 3.40. The van der Waals surface area contributed by atoms with Crippen LogP contribution in [-0.2, 0) is 0 Å². The van der Waals surface area contributed by atoms with Crippen LogP contribution in [0, 0.1) is 5.82 Å². The van der Waals surface area contributed by atoms with Gasteiger partial charge in [-0.2, -0.15) is 0 Å². The van der Waals surface area contributed by atoms with Gasteiger partial charge in [0.05, 0.1) is 11.8 Å². The monoisotopic (exact) mass is 256 g/mol. The largest absolute Gasteiger partial charge is 0.336 e. The number of pyridine rings is 1. The van der Waals surface area contributed by atoms with Gasteiger partial charge in [0.15, 0.2) is 0 Å². The molecular formula is C12H14ClFN2O. The Labute approximate surface area is 105 Å². The lowest BCUT2D eigenvalue weighted by molar-refractivity contribution is 0.0635. The molecule has 0 aliphatic carbocycles. The van der Waals surface area contributed by atoms with E-state index in [1.165, 1.54) is 0 Å². The molecule has 0 N–H and O–H groups in total. The number of nitrogens with zero attached hydrogens (tertiary/aromatic N) is 2. The number of carbonyl (C=O) groups excluding carboxylic acids is 1.